The van der Waals surface area contributed by atoms with E-state index in [1.807, 2.05) is 18.7 Å². The van der Waals surface area contributed by atoms with Gasteiger partial charge in [0.05, 0.1) is 12.0 Å². The van der Waals surface area contributed by atoms with Crippen LogP contribution in [0.1, 0.15) is 68.1 Å². The number of ether oxygens (including phenoxy) is 1. The maximum atomic E-state index is 12.8. The zero-order valence-corrected chi connectivity index (χ0v) is 15.3. The number of hydrogen-bond acceptors (Lipinski definition) is 4. The van der Waals surface area contributed by atoms with Crippen molar-refractivity contribution in [3.63, 3.8) is 0 Å². The van der Waals surface area contributed by atoms with Crippen molar-refractivity contribution in [2.45, 2.75) is 58.8 Å². The number of hydrogen-bond donors (Lipinski definition) is 1. The average Bonchev–Trinajstić information content (AvgIpc) is 3.08. The van der Waals surface area contributed by atoms with Gasteiger partial charge >= 0.3 is 5.97 Å². The van der Waals surface area contributed by atoms with Gasteiger partial charge in [0, 0.05) is 18.8 Å². The van der Waals surface area contributed by atoms with Crippen LogP contribution < -0.4 is 0 Å². The third kappa shape index (κ3) is 3.58. The van der Waals surface area contributed by atoms with E-state index in [0.717, 1.165) is 18.5 Å². The number of H-pyrrole nitrogens is 1. The number of aryl methyl sites for hydroxylation is 1. The summed E-state index contributed by atoms with van der Waals surface area (Å²) in [4.78, 5) is 27.3. The molecule has 0 unspecified atom stereocenters. The molecule has 0 atom stereocenters. The molecule has 6 heteroatoms. The second kappa shape index (κ2) is 7.58. The van der Waals surface area contributed by atoms with Gasteiger partial charge in [-0.25, -0.2) is 0 Å². The number of rotatable bonds is 4. The van der Waals surface area contributed by atoms with Gasteiger partial charge in [0.25, 0.3) is 5.91 Å². The van der Waals surface area contributed by atoms with E-state index in [9.17, 15) is 9.59 Å². The number of carbonyl (C=O) groups is 2. The lowest BCUT2D eigenvalue weighted by molar-refractivity contribution is -0.164. The van der Waals surface area contributed by atoms with Gasteiger partial charge in [-0.05, 0) is 51.5 Å². The third-order valence-corrected chi connectivity index (χ3v) is 5.94. The molecule has 1 saturated heterocycles. The summed E-state index contributed by atoms with van der Waals surface area (Å²) in [6.07, 6.45) is 7.26. The van der Waals surface area contributed by atoms with Gasteiger partial charge in [0.2, 0.25) is 0 Å². The van der Waals surface area contributed by atoms with E-state index >= 15 is 0 Å². The van der Waals surface area contributed by atoms with E-state index in [2.05, 4.69) is 10.2 Å². The Morgan fingerprint density at radius 1 is 1.28 bits per heavy atom. The molecule has 1 amide bonds. The summed E-state index contributed by atoms with van der Waals surface area (Å²) in [7, 11) is 0. The second-order valence-corrected chi connectivity index (χ2v) is 7.44. The van der Waals surface area contributed by atoms with Crippen LogP contribution in [0.5, 0.6) is 0 Å². The standard InChI is InChI=1S/C19H29N3O3/c1-3-25-18(24)19(15-7-5-4-6-8-15)9-11-22(12-10-19)17(23)16-13-14(2)20-21-16/h13,15H,3-12H2,1-2H3,(H,20,21). The number of nitrogens with zero attached hydrogens (tertiary/aromatic N) is 2. The molecule has 1 saturated carbocycles. The molecular weight excluding hydrogens is 318 g/mol. The molecule has 0 radical (unpaired) electrons. The SMILES string of the molecule is CCOC(=O)C1(C2CCCCC2)CCN(C(=O)c2cc(C)[nH]n2)CC1. The normalized spacial score (nSPS) is 21.1. The van der Waals surface area contributed by atoms with E-state index in [1.165, 1.54) is 19.3 Å². The van der Waals surface area contributed by atoms with Gasteiger partial charge < -0.3 is 9.64 Å². The number of amides is 1. The van der Waals surface area contributed by atoms with Gasteiger partial charge in [-0.1, -0.05) is 19.3 Å². The highest BCUT2D eigenvalue weighted by Crippen LogP contribution is 2.46. The Hall–Kier alpha value is -1.85. The van der Waals surface area contributed by atoms with Crippen molar-refractivity contribution >= 4 is 11.9 Å². The molecule has 1 N–H and O–H groups in total. The molecule has 3 rings (SSSR count). The van der Waals surface area contributed by atoms with Crippen LogP contribution in [-0.4, -0.2) is 46.7 Å². The second-order valence-electron chi connectivity index (χ2n) is 7.44. The zero-order valence-electron chi connectivity index (χ0n) is 15.3. The molecule has 1 aromatic heterocycles. The van der Waals surface area contributed by atoms with Gasteiger partial charge in [-0.3, -0.25) is 14.7 Å². The van der Waals surface area contributed by atoms with E-state index in [4.69, 9.17) is 4.74 Å². The summed E-state index contributed by atoms with van der Waals surface area (Å²) >= 11 is 0. The minimum absolute atomic E-state index is 0.0505. The van der Waals surface area contributed by atoms with Crippen molar-refractivity contribution in [3.05, 3.63) is 17.5 Å². The third-order valence-electron chi connectivity index (χ3n) is 5.94. The van der Waals surface area contributed by atoms with E-state index in [0.29, 0.717) is 44.1 Å². The molecular formula is C19H29N3O3. The summed E-state index contributed by atoms with van der Waals surface area (Å²) in [5, 5.41) is 6.89. The number of likely N-dealkylation sites (tertiary alicyclic amines) is 1. The van der Waals surface area contributed by atoms with Crippen molar-refractivity contribution in [3.8, 4) is 0 Å². The molecule has 138 valence electrons. The van der Waals surface area contributed by atoms with E-state index in [-0.39, 0.29) is 11.9 Å². The van der Waals surface area contributed by atoms with Crippen molar-refractivity contribution < 1.29 is 14.3 Å². The quantitative estimate of drug-likeness (QED) is 0.849. The van der Waals surface area contributed by atoms with E-state index in [1.54, 1.807) is 6.07 Å². The predicted octanol–water partition coefficient (Wildman–Crippen LogP) is 3.08. The number of aromatic nitrogens is 2. The zero-order chi connectivity index (χ0) is 17.9. The van der Waals surface area contributed by atoms with Crippen LogP contribution in [0.3, 0.4) is 0 Å². The Morgan fingerprint density at radius 3 is 2.52 bits per heavy atom. The number of carbonyl (C=O) groups excluding carboxylic acids is 2. The van der Waals surface area contributed by atoms with Gasteiger partial charge in [-0.15, -0.1) is 0 Å². The van der Waals surface area contributed by atoms with E-state index < -0.39 is 5.41 Å². The molecule has 0 bridgehead atoms. The number of esters is 1. The number of aromatic amines is 1. The highest BCUT2D eigenvalue weighted by molar-refractivity contribution is 5.92. The summed E-state index contributed by atoms with van der Waals surface area (Å²) in [6.45, 7) is 5.36. The lowest BCUT2D eigenvalue weighted by Crippen LogP contribution is -2.51. The number of piperidine rings is 1. The molecule has 25 heavy (non-hydrogen) atoms. The maximum absolute atomic E-state index is 12.8. The lowest BCUT2D eigenvalue weighted by atomic mass is 9.63. The average molecular weight is 347 g/mol. The molecule has 2 aliphatic rings. The monoisotopic (exact) mass is 347 g/mol. The van der Waals surface area contributed by atoms with Crippen LogP contribution in [0.25, 0.3) is 0 Å². The molecule has 1 aliphatic heterocycles. The highest BCUT2D eigenvalue weighted by atomic mass is 16.5. The Morgan fingerprint density at radius 2 is 1.96 bits per heavy atom. The van der Waals surface area contributed by atoms with Crippen molar-refractivity contribution in [1.29, 1.82) is 0 Å². The lowest BCUT2D eigenvalue weighted by Gasteiger charge is -2.45. The van der Waals surface area contributed by atoms with Crippen LogP contribution >= 0.6 is 0 Å². The molecule has 0 aromatic carbocycles. The van der Waals surface area contributed by atoms with Crippen molar-refractivity contribution in [2.75, 3.05) is 19.7 Å². The Kier molecular flexibility index (Phi) is 5.45. The van der Waals surface area contributed by atoms with Crippen LogP contribution in [0.4, 0.5) is 0 Å². The summed E-state index contributed by atoms with van der Waals surface area (Å²) < 4.78 is 5.46. The smallest absolute Gasteiger partial charge is 0.312 e. The molecule has 2 heterocycles. The highest BCUT2D eigenvalue weighted by Gasteiger charge is 2.49. The van der Waals surface area contributed by atoms with Gasteiger partial charge in [0.15, 0.2) is 0 Å². The van der Waals surface area contributed by atoms with Gasteiger partial charge in [0.1, 0.15) is 5.69 Å². The molecule has 1 aromatic rings. The first-order valence-electron chi connectivity index (χ1n) is 9.55. The first kappa shape index (κ1) is 18.0. The molecule has 1 aliphatic carbocycles. The fourth-order valence-corrected chi connectivity index (χ4v) is 4.51. The maximum Gasteiger partial charge on any atom is 0.312 e. The fourth-order valence-electron chi connectivity index (χ4n) is 4.51. The first-order valence-corrected chi connectivity index (χ1v) is 9.55. The van der Waals surface area contributed by atoms with Crippen molar-refractivity contribution in [1.82, 2.24) is 15.1 Å². The van der Waals surface area contributed by atoms with Crippen LogP contribution in [0, 0.1) is 18.3 Å². The minimum atomic E-state index is -0.408. The molecule has 2 fully saturated rings. The Bertz CT molecular complexity index is 611. The van der Waals surface area contributed by atoms with Crippen LogP contribution in [-0.2, 0) is 9.53 Å². The Balaban J connectivity index is 1.72. The van der Waals surface area contributed by atoms with Crippen LogP contribution in [0.2, 0.25) is 0 Å². The number of nitrogens with one attached hydrogen (secondary N) is 1. The summed E-state index contributed by atoms with van der Waals surface area (Å²) in [6, 6.07) is 1.77. The van der Waals surface area contributed by atoms with Crippen LogP contribution in [0.15, 0.2) is 6.07 Å². The first-order chi connectivity index (χ1) is 12.1. The summed E-state index contributed by atoms with van der Waals surface area (Å²) in [5.74, 6) is 0.292. The topological polar surface area (TPSA) is 75.3 Å². The molecule has 6 nitrogen and oxygen atoms in total. The largest absolute Gasteiger partial charge is 0.466 e. The summed E-state index contributed by atoms with van der Waals surface area (Å²) in [5.41, 5.74) is 0.927. The van der Waals surface area contributed by atoms with Crippen molar-refractivity contribution in [2.24, 2.45) is 11.3 Å². The fraction of sp³-hybridized carbons (Fsp3) is 0.737. The minimum Gasteiger partial charge on any atom is -0.466 e. The predicted molar refractivity (Wildman–Crippen MR) is 94.1 cm³/mol. The Labute approximate surface area is 149 Å². The van der Waals surface area contributed by atoms with Gasteiger partial charge in [-0.2, -0.15) is 5.10 Å². The molecule has 0 spiro atoms.